The molecular formula is C22H28N2O2. The molecule has 0 saturated heterocycles. The van der Waals surface area contributed by atoms with Crippen LogP contribution in [0, 0.1) is 5.41 Å². The molecule has 2 rings (SSSR count). The van der Waals surface area contributed by atoms with Crippen molar-refractivity contribution in [2.24, 2.45) is 10.4 Å². The van der Waals surface area contributed by atoms with Gasteiger partial charge in [0.2, 0.25) is 0 Å². The Morgan fingerprint density at radius 2 is 1.88 bits per heavy atom. The Bertz CT molecular complexity index is 787. The van der Waals surface area contributed by atoms with Crippen molar-refractivity contribution < 1.29 is 9.59 Å². The van der Waals surface area contributed by atoms with E-state index in [1.807, 2.05) is 25.2 Å². The minimum Gasteiger partial charge on any atom is -0.271 e. The summed E-state index contributed by atoms with van der Waals surface area (Å²) in [6.45, 7) is 10.8. The molecule has 0 aromatic rings. The highest BCUT2D eigenvalue weighted by Gasteiger charge is 2.26. The SMILES string of the molecule is CC1=C(/C=C/C(C)=C/C=C/C(C)=C/C2=NC(=O)NC2=O)C(C)(C)CCC1. The second-order valence-electron chi connectivity index (χ2n) is 7.68. The van der Waals surface area contributed by atoms with Crippen molar-refractivity contribution in [3.8, 4) is 0 Å². The van der Waals surface area contributed by atoms with Gasteiger partial charge in [0.1, 0.15) is 5.71 Å². The highest BCUT2D eigenvalue weighted by atomic mass is 16.2. The number of rotatable bonds is 5. The molecule has 3 amide bonds. The molecule has 26 heavy (non-hydrogen) atoms. The lowest BCUT2D eigenvalue weighted by Gasteiger charge is -2.32. The number of nitrogens with zero attached hydrogens (tertiary/aromatic N) is 1. The zero-order valence-electron chi connectivity index (χ0n) is 16.3. The number of carbonyl (C=O) groups is 2. The summed E-state index contributed by atoms with van der Waals surface area (Å²) < 4.78 is 0. The Hall–Kier alpha value is -2.49. The molecule has 0 saturated carbocycles. The average Bonchev–Trinajstić information content (AvgIpc) is 2.83. The van der Waals surface area contributed by atoms with Gasteiger partial charge in [-0.2, -0.15) is 4.99 Å². The van der Waals surface area contributed by atoms with Crippen molar-refractivity contribution in [1.82, 2.24) is 5.32 Å². The van der Waals surface area contributed by atoms with Crippen LogP contribution in [-0.2, 0) is 4.79 Å². The van der Waals surface area contributed by atoms with Crippen LogP contribution in [0.15, 0.2) is 63.7 Å². The number of hydrogen-bond donors (Lipinski definition) is 1. The molecule has 0 fully saturated rings. The van der Waals surface area contributed by atoms with Gasteiger partial charge in [-0.05, 0) is 62.7 Å². The number of nitrogens with one attached hydrogen (secondary N) is 1. The zero-order valence-corrected chi connectivity index (χ0v) is 16.3. The normalized spacial score (nSPS) is 21.8. The van der Waals surface area contributed by atoms with Crippen molar-refractivity contribution in [3.63, 3.8) is 0 Å². The lowest BCUT2D eigenvalue weighted by atomic mass is 9.72. The van der Waals surface area contributed by atoms with E-state index in [1.54, 1.807) is 6.08 Å². The number of aliphatic imine (C=N–C) groups is 1. The molecule has 0 spiro atoms. The zero-order chi connectivity index (χ0) is 19.3. The van der Waals surface area contributed by atoms with Crippen LogP contribution in [-0.4, -0.2) is 17.6 Å². The number of urea groups is 1. The highest BCUT2D eigenvalue weighted by molar-refractivity contribution is 6.50. The Kier molecular flexibility index (Phi) is 6.30. The lowest BCUT2D eigenvalue weighted by molar-refractivity contribution is -0.113. The van der Waals surface area contributed by atoms with E-state index in [1.165, 1.54) is 30.4 Å². The third kappa shape index (κ3) is 5.25. The molecule has 1 aliphatic heterocycles. The molecule has 0 aromatic heterocycles. The van der Waals surface area contributed by atoms with Gasteiger partial charge in [0.05, 0.1) is 0 Å². The first-order valence-electron chi connectivity index (χ1n) is 9.04. The molecular weight excluding hydrogens is 324 g/mol. The van der Waals surface area contributed by atoms with Gasteiger partial charge in [0.15, 0.2) is 0 Å². The Morgan fingerprint density at radius 1 is 1.15 bits per heavy atom. The second-order valence-corrected chi connectivity index (χ2v) is 7.68. The monoisotopic (exact) mass is 352 g/mol. The van der Waals surface area contributed by atoms with Crippen LogP contribution >= 0.6 is 0 Å². The molecule has 4 nitrogen and oxygen atoms in total. The van der Waals surface area contributed by atoms with Crippen LogP contribution in [0.4, 0.5) is 4.79 Å². The number of amides is 3. The summed E-state index contributed by atoms with van der Waals surface area (Å²) in [7, 11) is 0. The largest absolute Gasteiger partial charge is 0.348 e. The maximum atomic E-state index is 11.5. The van der Waals surface area contributed by atoms with Crippen LogP contribution in [0.1, 0.15) is 53.9 Å². The van der Waals surface area contributed by atoms with Crippen molar-refractivity contribution in [1.29, 1.82) is 0 Å². The summed E-state index contributed by atoms with van der Waals surface area (Å²) in [5.74, 6) is -0.448. The highest BCUT2D eigenvalue weighted by Crippen LogP contribution is 2.40. The van der Waals surface area contributed by atoms with E-state index in [4.69, 9.17) is 0 Å². The van der Waals surface area contributed by atoms with Crippen molar-refractivity contribution >= 4 is 17.6 Å². The molecule has 138 valence electrons. The molecule has 0 atom stereocenters. The van der Waals surface area contributed by atoms with Gasteiger partial charge in [-0.25, -0.2) is 4.79 Å². The van der Waals surface area contributed by atoms with Crippen LogP contribution in [0.25, 0.3) is 0 Å². The predicted molar refractivity (Wildman–Crippen MR) is 107 cm³/mol. The van der Waals surface area contributed by atoms with Gasteiger partial charge in [0, 0.05) is 0 Å². The van der Waals surface area contributed by atoms with E-state index >= 15 is 0 Å². The van der Waals surface area contributed by atoms with Crippen molar-refractivity contribution in [2.75, 3.05) is 0 Å². The van der Waals surface area contributed by atoms with Gasteiger partial charge < -0.3 is 0 Å². The van der Waals surface area contributed by atoms with Crippen LogP contribution in [0.3, 0.4) is 0 Å². The summed E-state index contributed by atoms with van der Waals surface area (Å²) in [6, 6.07) is -0.603. The average molecular weight is 352 g/mol. The lowest BCUT2D eigenvalue weighted by Crippen LogP contribution is -2.24. The molecule has 1 aliphatic carbocycles. The van der Waals surface area contributed by atoms with Crippen molar-refractivity contribution in [3.05, 3.63) is 58.7 Å². The summed E-state index contributed by atoms with van der Waals surface area (Å²) >= 11 is 0. The molecule has 0 unspecified atom stereocenters. The molecule has 0 radical (unpaired) electrons. The van der Waals surface area contributed by atoms with Crippen LogP contribution in [0.5, 0.6) is 0 Å². The summed E-state index contributed by atoms with van der Waals surface area (Å²) in [5, 5.41) is 2.13. The Morgan fingerprint density at radius 3 is 2.50 bits per heavy atom. The molecule has 0 bridgehead atoms. The fourth-order valence-corrected chi connectivity index (χ4v) is 3.34. The predicted octanol–water partition coefficient (Wildman–Crippen LogP) is 5.21. The van der Waals surface area contributed by atoms with Gasteiger partial charge >= 0.3 is 6.03 Å². The molecule has 1 heterocycles. The third-order valence-electron chi connectivity index (χ3n) is 4.81. The van der Waals surface area contributed by atoms with E-state index in [0.29, 0.717) is 0 Å². The first-order chi connectivity index (χ1) is 12.2. The number of allylic oxidation sites excluding steroid dienone is 9. The Balaban J connectivity index is 2.04. The van der Waals surface area contributed by atoms with Crippen LogP contribution < -0.4 is 5.32 Å². The van der Waals surface area contributed by atoms with E-state index < -0.39 is 11.9 Å². The van der Waals surface area contributed by atoms with Gasteiger partial charge in [-0.1, -0.05) is 55.4 Å². The number of hydrogen-bond acceptors (Lipinski definition) is 2. The van der Waals surface area contributed by atoms with Gasteiger partial charge in [-0.15, -0.1) is 0 Å². The number of imide groups is 1. The summed E-state index contributed by atoms with van der Waals surface area (Å²) in [5.41, 5.74) is 5.35. The summed E-state index contributed by atoms with van der Waals surface area (Å²) in [4.78, 5) is 26.1. The standard InChI is InChI=1S/C22H28N2O2/c1-15(11-12-18-17(3)10-7-13-22(18,4)5)8-6-9-16(2)14-19-20(25)24-21(26)23-19/h6,8-9,11-12,14H,7,10,13H2,1-5H3,(H,24,25,26)/b9-6+,12-11+,15-8+,16-14+. The van der Waals surface area contributed by atoms with Crippen molar-refractivity contribution in [2.45, 2.75) is 53.9 Å². The maximum Gasteiger partial charge on any atom is 0.348 e. The first kappa shape index (κ1) is 19.8. The Labute approximate surface area is 156 Å². The van der Waals surface area contributed by atoms with Crippen LogP contribution in [0.2, 0.25) is 0 Å². The van der Waals surface area contributed by atoms with E-state index in [9.17, 15) is 9.59 Å². The smallest absolute Gasteiger partial charge is 0.271 e. The fourth-order valence-electron chi connectivity index (χ4n) is 3.34. The second kappa shape index (κ2) is 8.26. The van der Waals surface area contributed by atoms with E-state index in [0.717, 1.165) is 11.1 Å². The first-order valence-corrected chi connectivity index (χ1v) is 9.04. The number of carbonyl (C=O) groups excluding carboxylic acids is 2. The third-order valence-corrected chi connectivity index (χ3v) is 4.81. The maximum absolute atomic E-state index is 11.5. The molecule has 1 N–H and O–H groups in total. The summed E-state index contributed by atoms with van der Waals surface area (Å²) in [6.07, 6.45) is 15.6. The van der Waals surface area contributed by atoms with E-state index in [2.05, 4.69) is 50.2 Å². The fraction of sp³-hybridized carbons (Fsp3) is 0.409. The topological polar surface area (TPSA) is 58.5 Å². The quantitative estimate of drug-likeness (QED) is 0.691. The van der Waals surface area contributed by atoms with E-state index in [-0.39, 0.29) is 11.1 Å². The minimum atomic E-state index is -0.603. The molecule has 2 aliphatic rings. The minimum absolute atomic E-state index is 0.152. The molecule has 0 aromatic carbocycles. The van der Waals surface area contributed by atoms with Gasteiger partial charge in [0.25, 0.3) is 5.91 Å². The molecule has 4 heteroatoms. The van der Waals surface area contributed by atoms with Gasteiger partial charge in [-0.3, -0.25) is 10.1 Å².